The van der Waals surface area contributed by atoms with Crippen LogP contribution in [0.15, 0.2) is 30.3 Å². The van der Waals surface area contributed by atoms with Gasteiger partial charge in [-0.1, -0.05) is 56.5 Å². The third kappa shape index (κ3) is 4.70. The summed E-state index contributed by atoms with van der Waals surface area (Å²) in [4.78, 5) is 26.6. The largest absolute Gasteiger partial charge is 0.360 e. The number of unbranched alkanes of at least 4 members (excludes halogenated alkanes) is 3. The maximum Gasteiger partial charge on any atom is 0.222 e. The predicted molar refractivity (Wildman–Crippen MR) is 114 cm³/mol. The number of amides is 1. The minimum Gasteiger partial charge on any atom is -0.360 e. The Balaban J connectivity index is 1.83. The van der Waals surface area contributed by atoms with Gasteiger partial charge in [0.2, 0.25) is 5.91 Å². The van der Waals surface area contributed by atoms with Crippen molar-refractivity contribution < 1.29 is 4.79 Å². The number of carbonyl (C=O) groups excluding carboxylic acids is 1. The highest BCUT2D eigenvalue weighted by Gasteiger charge is 2.26. The normalized spacial score (nSPS) is 13.3. The van der Waals surface area contributed by atoms with Gasteiger partial charge in [-0.25, -0.2) is 9.97 Å². The Hall–Kier alpha value is -2.43. The molecule has 0 spiro atoms. The van der Waals surface area contributed by atoms with E-state index >= 15 is 0 Å². The van der Waals surface area contributed by atoms with Crippen molar-refractivity contribution >= 4 is 11.7 Å². The number of hydrogen-bond donors (Lipinski definition) is 0. The lowest BCUT2D eigenvalue weighted by Crippen LogP contribution is -2.37. The molecule has 0 fully saturated rings. The summed E-state index contributed by atoms with van der Waals surface area (Å²) in [7, 11) is 2.06. The van der Waals surface area contributed by atoms with Crippen LogP contribution in [0, 0.1) is 0 Å². The molecule has 1 amide bonds. The fraction of sp³-hybridized carbons (Fsp3) is 0.522. The first-order valence-electron chi connectivity index (χ1n) is 10.6. The summed E-state index contributed by atoms with van der Waals surface area (Å²) >= 11 is 0. The van der Waals surface area contributed by atoms with Crippen molar-refractivity contribution in [1.29, 1.82) is 0 Å². The topological polar surface area (TPSA) is 49.3 Å². The average molecular weight is 381 g/mol. The van der Waals surface area contributed by atoms with Gasteiger partial charge in [0.05, 0.1) is 12.2 Å². The zero-order chi connectivity index (χ0) is 19.9. The summed E-state index contributed by atoms with van der Waals surface area (Å²) in [5, 5.41) is 0. The molecule has 1 aromatic carbocycles. The van der Waals surface area contributed by atoms with Crippen LogP contribution in [0.4, 0.5) is 5.82 Å². The molecule has 0 saturated heterocycles. The molecule has 2 heterocycles. The van der Waals surface area contributed by atoms with Crippen molar-refractivity contribution in [2.45, 2.75) is 58.9 Å². The van der Waals surface area contributed by atoms with E-state index in [4.69, 9.17) is 9.97 Å². The van der Waals surface area contributed by atoms with Crippen LogP contribution < -0.4 is 4.90 Å². The van der Waals surface area contributed by atoms with Crippen LogP contribution in [0.1, 0.15) is 57.2 Å². The Kier molecular flexibility index (Phi) is 7.01. The minimum atomic E-state index is 0.263. The van der Waals surface area contributed by atoms with Crippen LogP contribution in [0.5, 0.6) is 0 Å². The number of aromatic nitrogens is 2. The molecule has 3 rings (SSSR count). The molecule has 28 heavy (non-hydrogen) atoms. The van der Waals surface area contributed by atoms with Crippen LogP contribution in [0.25, 0.3) is 11.4 Å². The molecule has 0 saturated carbocycles. The molecule has 0 unspecified atom stereocenters. The molecule has 1 aliphatic rings. The van der Waals surface area contributed by atoms with Gasteiger partial charge in [-0.15, -0.1) is 0 Å². The van der Waals surface area contributed by atoms with Gasteiger partial charge in [0.15, 0.2) is 5.82 Å². The molecule has 0 bridgehead atoms. The van der Waals surface area contributed by atoms with E-state index in [0.717, 1.165) is 60.8 Å². The van der Waals surface area contributed by atoms with Crippen LogP contribution in [-0.4, -0.2) is 40.9 Å². The van der Waals surface area contributed by atoms with E-state index in [1.807, 2.05) is 35.2 Å². The van der Waals surface area contributed by atoms with E-state index in [-0.39, 0.29) is 5.91 Å². The molecule has 150 valence electrons. The molecule has 0 N–H and O–H groups in total. The number of hydrogen-bond acceptors (Lipinski definition) is 4. The number of nitrogens with zero attached hydrogens (tertiary/aromatic N) is 4. The molecule has 1 aromatic heterocycles. The van der Waals surface area contributed by atoms with E-state index in [1.165, 1.54) is 12.8 Å². The Morgan fingerprint density at radius 2 is 1.89 bits per heavy atom. The standard InChI is InChI=1S/C23H32N4O/c1-4-6-7-11-14-21(28)27-16-15-20-19(17-27)23(26(3)5-2)25-22(24-20)18-12-9-8-10-13-18/h8-10,12-13H,4-7,11,14-17H2,1-3H3. The van der Waals surface area contributed by atoms with Gasteiger partial charge in [0.1, 0.15) is 5.82 Å². The summed E-state index contributed by atoms with van der Waals surface area (Å²) in [6.45, 7) is 6.55. The molecule has 2 aromatic rings. The van der Waals surface area contributed by atoms with Gasteiger partial charge >= 0.3 is 0 Å². The van der Waals surface area contributed by atoms with Crippen LogP contribution >= 0.6 is 0 Å². The molecule has 5 nitrogen and oxygen atoms in total. The van der Waals surface area contributed by atoms with Crippen molar-refractivity contribution in [1.82, 2.24) is 14.9 Å². The van der Waals surface area contributed by atoms with Crippen molar-refractivity contribution in [2.75, 3.05) is 25.0 Å². The van der Waals surface area contributed by atoms with Crippen molar-refractivity contribution in [3.8, 4) is 11.4 Å². The van der Waals surface area contributed by atoms with Crippen LogP contribution in [0.3, 0.4) is 0 Å². The molecule has 0 aliphatic carbocycles. The van der Waals surface area contributed by atoms with E-state index in [9.17, 15) is 4.79 Å². The third-order valence-corrected chi connectivity index (χ3v) is 5.50. The second-order valence-electron chi connectivity index (χ2n) is 7.55. The fourth-order valence-corrected chi connectivity index (χ4v) is 3.65. The Bertz CT molecular complexity index is 791. The number of carbonyl (C=O) groups is 1. The van der Waals surface area contributed by atoms with E-state index in [2.05, 4.69) is 25.8 Å². The second kappa shape index (κ2) is 9.67. The predicted octanol–water partition coefficient (Wildman–Crippen LogP) is 4.45. The lowest BCUT2D eigenvalue weighted by molar-refractivity contribution is -0.132. The fourth-order valence-electron chi connectivity index (χ4n) is 3.65. The zero-order valence-electron chi connectivity index (χ0n) is 17.4. The minimum absolute atomic E-state index is 0.263. The molecule has 0 atom stereocenters. The molecular weight excluding hydrogens is 348 g/mol. The van der Waals surface area contributed by atoms with E-state index < -0.39 is 0 Å². The summed E-state index contributed by atoms with van der Waals surface area (Å²) in [6.07, 6.45) is 5.97. The average Bonchev–Trinajstić information content (AvgIpc) is 2.75. The van der Waals surface area contributed by atoms with Gasteiger partial charge in [0, 0.05) is 44.1 Å². The number of rotatable bonds is 8. The highest BCUT2D eigenvalue weighted by molar-refractivity contribution is 5.77. The van der Waals surface area contributed by atoms with Crippen LogP contribution in [-0.2, 0) is 17.8 Å². The molecule has 5 heteroatoms. The monoisotopic (exact) mass is 380 g/mol. The zero-order valence-corrected chi connectivity index (χ0v) is 17.4. The first kappa shape index (κ1) is 20.3. The Labute approximate surface area is 168 Å². The second-order valence-corrected chi connectivity index (χ2v) is 7.55. The first-order valence-corrected chi connectivity index (χ1v) is 10.6. The maximum absolute atomic E-state index is 12.7. The third-order valence-electron chi connectivity index (χ3n) is 5.50. The van der Waals surface area contributed by atoms with Crippen molar-refractivity contribution in [3.63, 3.8) is 0 Å². The van der Waals surface area contributed by atoms with E-state index in [1.54, 1.807) is 0 Å². The highest BCUT2D eigenvalue weighted by Crippen LogP contribution is 2.29. The quantitative estimate of drug-likeness (QED) is 0.635. The van der Waals surface area contributed by atoms with Gasteiger partial charge in [-0.05, 0) is 13.3 Å². The summed E-state index contributed by atoms with van der Waals surface area (Å²) < 4.78 is 0. The van der Waals surface area contributed by atoms with Crippen molar-refractivity contribution in [2.24, 2.45) is 0 Å². The van der Waals surface area contributed by atoms with Crippen molar-refractivity contribution in [3.05, 3.63) is 41.6 Å². The number of benzene rings is 1. The Morgan fingerprint density at radius 1 is 1.11 bits per heavy atom. The SMILES string of the molecule is CCCCCCC(=O)N1CCc2nc(-c3ccccc3)nc(N(C)CC)c2C1. The lowest BCUT2D eigenvalue weighted by atomic mass is 10.0. The smallest absolute Gasteiger partial charge is 0.222 e. The highest BCUT2D eigenvalue weighted by atomic mass is 16.2. The van der Waals surface area contributed by atoms with Crippen LogP contribution in [0.2, 0.25) is 0 Å². The molecular formula is C23H32N4O. The van der Waals surface area contributed by atoms with Gasteiger partial charge < -0.3 is 9.80 Å². The first-order chi connectivity index (χ1) is 13.6. The number of anilines is 1. The van der Waals surface area contributed by atoms with E-state index in [0.29, 0.717) is 13.0 Å². The van der Waals surface area contributed by atoms with Gasteiger partial charge in [-0.2, -0.15) is 0 Å². The van der Waals surface area contributed by atoms with Gasteiger partial charge in [-0.3, -0.25) is 4.79 Å². The molecule has 0 radical (unpaired) electrons. The lowest BCUT2D eigenvalue weighted by Gasteiger charge is -2.31. The number of fused-ring (bicyclic) bond motifs is 1. The summed E-state index contributed by atoms with van der Waals surface area (Å²) in [5.74, 6) is 1.99. The molecule has 1 aliphatic heterocycles. The Morgan fingerprint density at radius 3 is 2.61 bits per heavy atom. The summed E-state index contributed by atoms with van der Waals surface area (Å²) in [6, 6.07) is 10.1. The van der Waals surface area contributed by atoms with Gasteiger partial charge in [0.25, 0.3) is 0 Å². The summed E-state index contributed by atoms with van der Waals surface area (Å²) in [5.41, 5.74) is 3.22. The maximum atomic E-state index is 12.7.